The molecule has 0 saturated carbocycles. The van der Waals surface area contributed by atoms with E-state index in [4.69, 9.17) is 10.5 Å². The van der Waals surface area contributed by atoms with E-state index in [-0.39, 0.29) is 25.0 Å². The summed E-state index contributed by atoms with van der Waals surface area (Å²) >= 11 is 0. The summed E-state index contributed by atoms with van der Waals surface area (Å²) in [5.74, 6) is -3.17. The molecule has 206 valence electrons. The highest BCUT2D eigenvalue weighted by Crippen LogP contribution is 2.41. The second-order valence-electron chi connectivity index (χ2n) is 10.3. The zero-order valence-corrected chi connectivity index (χ0v) is 21.7. The summed E-state index contributed by atoms with van der Waals surface area (Å²) in [5, 5.41) is 11.0. The molecular weight excluding hydrogens is 498 g/mol. The molecule has 9 heteroatoms. The van der Waals surface area contributed by atoms with Crippen molar-refractivity contribution >= 4 is 10.9 Å². The molecule has 0 aliphatic carbocycles. The maximum absolute atomic E-state index is 15.8. The number of benzene rings is 2. The van der Waals surface area contributed by atoms with Crippen LogP contribution in [0.4, 0.5) is 17.6 Å². The normalized spacial score (nSPS) is 16.6. The van der Waals surface area contributed by atoms with E-state index < -0.39 is 23.6 Å². The molecule has 4 rings (SSSR count). The van der Waals surface area contributed by atoms with Crippen molar-refractivity contribution in [1.82, 2.24) is 9.88 Å². The van der Waals surface area contributed by atoms with E-state index in [1.165, 1.54) is 0 Å². The SMILES string of the molecule is COc1ccc2ncc(CN)c(C(F)CCC3(CO)CCN(CCCc4cc(F)c(F)c(F)c4)CC3)c2c1. The van der Waals surface area contributed by atoms with Gasteiger partial charge in [0.25, 0.3) is 0 Å². The molecule has 1 aliphatic heterocycles. The molecule has 0 radical (unpaired) electrons. The van der Waals surface area contributed by atoms with E-state index in [0.29, 0.717) is 52.6 Å². The van der Waals surface area contributed by atoms with Gasteiger partial charge in [0.05, 0.1) is 12.6 Å². The van der Waals surface area contributed by atoms with Gasteiger partial charge in [0.1, 0.15) is 11.9 Å². The number of nitrogens with two attached hydrogens (primary N) is 1. The first-order valence-electron chi connectivity index (χ1n) is 13.1. The lowest BCUT2D eigenvalue weighted by Crippen LogP contribution is -2.42. The average molecular weight is 534 g/mol. The van der Waals surface area contributed by atoms with Crippen molar-refractivity contribution in [2.75, 3.05) is 33.4 Å². The summed E-state index contributed by atoms with van der Waals surface area (Å²) in [6, 6.07) is 7.46. The second-order valence-corrected chi connectivity index (χ2v) is 10.3. The molecular formula is C29H35F4N3O2. The van der Waals surface area contributed by atoms with Crippen molar-refractivity contribution in [3.8, 4) is 5.75 Å². The number of piperidine rings is 1. The summed E-state index contributed by atoms with van der Waals surface area (Å²) in [7, 11) is 1.56. The van der Waals surface area contributed by atoms with Crippen LogP contribution in [0, 0.1) is 22.9 Å². The number of nitrogens with zero attached hydrogens (tertiary/aromatic N) is 2. The van der Waals surface area contributed by atoms with Gasteiger partial charge in [-0.05, 0) is 105 Å². The molecule has 5 nitrogen and oxygen atoms in total. The molecule has 3 N–H and O–H groups in total. The average Bonchev–Trinajstić information content (AvgIpc) is 2.94. The number of fused-ring (bicyclic) bond motifs is 1. The van der Waals surface area contributed by atoms with Crippen LogP contribution in [-0.4, -0.2) is 48.3 Å². The van der Waals surface area contributed by atoms with Crippen LogP contribution >= 0.6 is 0 Å². The van der Waals surface area contributed by atoms with Gasteiger partial charge in [-0.3, -0.25) is 4.98 Å². The predicted molar refractivity (Wildman–Crippen MR) is 139 cm³/mol. The number of pyridine rings is 1. The van der Waals surface area contributed by atoms with E-state index in [1.54, 1.807) is 31.5 Å². The van der Waals surface area contributed by atoms with Crippen LogP contribution in [0.5, 0.6) is 5.75 Å². The molecule has 0 amide bonds. The van der Waals surface area contributed by atoms with Crippen LogP contribution in [0.1, 0.15) is 55.0 Å². The Bertz CT molecular complexity index is 1220. The number of methoxy groups -OCH3 is 1. The lowest BCUT2D eigenvalue weighted by molar-refractivity contribution is 0.0300. The summed E-state index contributed by atoms with van der Waals surface area (Å²) in [6.07, 6.45) is 3.72. The largest absolute Gasteiger partial charge is 0.497 e. The Morgan fingerprint density at radius 3 is 2.47 bits per heavy atom. The van der Waals surface area contributed by atoms with Crippen molar-refractivity contribution in [3.63, 3.8) is 0 Å². The third-order valence-electron chi connectivity index (χ3n) is 7.90. The number of hydrogen-bond donors (Lipinski definition) is 2. The van der Waals surface area contributed by atoms with Crippen LogP contribution in [0.15, 0.2) is 36.5 Å². The highest BCUT2D eigenvalue weighted by molar-refractivity contribution is 5.85. The maximum Gasteiger partial charge on any atom is 0.194 e. The number of rotatable bonds is 11. The maximum atomic E-state index is 15.8. The minimum Gasteiger partial charge on any atom is -0.497 e. The van der Waals surface area contributed by atoms with E-state index in [2.05, 4.69) is 9.88 Å². The Morgan fingerprint density at radius 2 is 1.84 bits per heavy atom. The summed E-state index contributed by atoms with van der Waals surface area (Å²) in [4.78, 5) is 6.66. The molecule has 1 aromatic heterocycles. The number of aliphatic hydroxyl groups excluding tert-OH is 1. The Labute approximate surface area is 220 Å². The minimum atomic E-state index is -1.45. The lowest BCUT2D eigenvalue weighted by Gasteiger charge is -2.41. The Hall–Kier alpha value is -2.75. The Morgan fingerprint density at radius 1 is 1.13 bits per heavy atom. The van der Waals surface area contributed by atoms with Gasteiger partial charge in [-0.25, -0.2) is 17.6 Å². The van der Waals surface area contributed by atoms with Gasteiger partial charge in [-0.15, -0.1) is 0 Å². The number of aromatic nitrogens is 1. The number of halogens is 4. The summed E-state index contributed by atoms with van der Waals surface area (Å²) in [6.45, 7) is 2.36. The fourth-order valence-corrected chi connectivity index (χ4v) is 5.47. The van der Waals surface area contributed by atoms with Gasteiger partial charge in [-0.2, -0.15) is 0 Å². The number of aryl methyl sites for hydroxylation is 1. The molecule has 2 heterocycles. The number of hydrogen-bond acceptors (Lipinski definition) is 5. The highest BCUT2D eigenvalue weighted by Gasteiger charge is 2.35. The zero-order valence-electron chi connectivity index (χ0n) is 21.7. The second kappa shape index (κ2) is 12.4. The molecule has 1 atom stereocenters. The molecule has 0 bridgehead atoms. The molecule has 1 aliphatic rings. The van der Waals surface area contributed by atoms with E-state index >= 15 is 4.39 Å². The van der Waals surface area contributed by atoms with Crippen LogP contribution in [0.25, 0.3) is 10.9 Å². The first-order chi connectivity index (χ1) is 18.3. The topological polar surface area (TPSA) is 71.6 Å². The summed E-state index contributed by atoms with van der Waals surface area (Å²) in [5.41, 5.74) is 7.85. The number of likely N-dealkylation sites (tertiary alicyclic amines) is 1. The van der Waals surface area contributed by atoms with Gasteiger partial charge < -0.3 is 20.5 Å². The summed E-state index contributed by atoms with van der Waals surface area (Å²) < 4.78 is 61.2. The smallest absolute Gasteiger partial charge is 0.194 e. The van der Waals surface area contributed by atoms with Gasteiger partial charge in [-0.1, -0.05) is 0 Å². The van der Waals surface area contributed by atoms with Crippen molar-refractivity contribution < 1.29 is 27.4 Å². The van der Waals surface area contributed by atoms with Crippen molar-refractivity contribution in [2.24, 2.45) is 11.1 Å². The van der Waals surface area contributed by atoms with Crippen molar-refractivity contribution in [3.05, 3.63) is 70.7 Å². The monoisotopic (exact) mass is 533 g/mol. The van der Waals surface area contributed by atoms with Crippen LogP contribution in [0.3, 0.4) is 0 Å². The van der Waals surface area contributed by atoms with Crippen LogP contribution in [0.2, 0.25) is 0 Å². The minimum absolute atomic E-state index is 0.0175. The standard InChI is InChI=1S/C29H35F4N3O2/c1-38-21-4-5-26-22(15-21)27(20(16-34)17-35-26)23(30)6-7-29(18-37)8-11-36(12-9-29)10-2-3-19-13-24(31)28(33)25(32)14-19/h4-5,13-15,17,23,37H,2-3,6-12,16,18,34H2,1H3. The predicted octanol–water partition coefficient (Wildman–Crippen LogP) is 5.62. The third kappa shape index (κ3) is 6.27. The molecule has 2 aromatic carbocycles. The zero-order chi connectivity index (χ0) is 27.3. The molecule has 38 heavy (non-hydrogen) atoms. The lowest BCUT2D eigenvalue weighted by atomic mass is 9.74. The molecule has 1 saturated heterocycles. The van der Waals surface area contributed by atoms with E-state index in [9.17, 15) is 18.3 Å². The number of alkyl halides is 1. The van der Waals surface area contributed by atoms with Gasteiger partial charge in [0.2, 0.25) is 0 Å². The molecule has 1 unspecified atom stereocenters. The van der Waals surface area contributed by atoms with Crippen LogP contribution in [-0.2, 0) is 13.0 Å². The fourth-order valence-electron chi connectivity index (χ4n) is 5.47. The van der Waals surface area contributed by atoms with Gasteiger partial charge in [0.15, 0.2) is 17.5 Å². The number of ether oxygens (including phenoxy) is 1. The highest BCUT2D eigenvalue weighted by atomic mass is 19.2. The fraction of sp³-hybridized carbons (Fsp3) is 0.483. The third-order valence-corrected chi connectivity index (χ3v) is 7.90. The molecule has 1 fully saturated rings. The van der Waals surface area contributed by atoms with Crippen molar-refractivity contribution in [1.29, 1.82) is 0 Å². The van der Waals surface area contributed by atoms with E-state index in [1.807, 2.05) is 0 Å². The Kier molecular flexibility index (Phi) is 9.23. The van der Waals surface area contributed by atoms with Gasteiger partial charge in [0, 0.05) is 30.3 Å². The van der Waals surface area contributed by atoms with E-state index in [0.717, 1.165) is 44.6 Å². The van der Waals surface area contributed by atoms with Crippen LogP contribution < -0.4 is 10.5 Å². The molecule has 3 aromatic rings. The van der Waals surface area contributed by atoms with Crippen molar-refractivity contribution in [2.45, 2.75) is 51.2 Å². The quantitative estimate of drug-likeness (QED) is 0.247. The molecule has 0 spiro atoms. The first-order valence-corrected chi connectivity index (χ1v) is 13.1. The Balaban J connectivity index is 1.34. The first kappa shape index (κ1) is 28.3. The number of aliphatic hydroxyl groups is 1. The van der Waals surface area contributed by atoms with Gasteiger partial charge >= 0.3 is 0 Å².